The van der Waals surface area contributed by atoms with E-state index in [0.717, 1.165) is 21.5 Å². The number of fused-ring (bicyclic) bond motifs is 1. The predicted octanol–water partition coefficient (Wildman–Crippen LogP) is 3.97. The fourth-order valence-electron chi connectivity index (χ4n) is 1.38. The zero-order valence-electron chi connectivity index (χ0n) is 9.70. The average molecular weight is 296 g/mol. The Morgan fingerprint density at radius 1 is 1.56 bits per heavy atom. The minimum atomic E-state index is 0.137. The van der Waals surface area contributed by atoms with Crippen molar-refractivity contribution in [3.63, 3.8) is 0 Å². The molecule has 0 atom stereocenters. The first-order chi connectivity index (χ1) is 8.65. The molecule has 0 aliphatic carbocycles. The summed E-state index contributed by atoms with van der Waals surface area (Å²) in [6.07, 6.45) is 0.714. The number of halogens is 1. The number of hydrogen-bond acceptors (Lipinski definition) is 4. The number of rotatable bonds is 2. The quantitative estimate of drug-likeness (QED) is 0.620. The molecule has 0 saturated carbocycles. The molecule has 0 spiro atoms. The van der Waals surface area contributed by atoms with E-state index in [0.29, 0.717) is 10.9 Å². The van der Waals surface area contributed by atoms with Gasteiger partial charge in [0.1, 0.15) is 0 Å². The lowest BCUT2D eigenvalue weighted by molar-refractivity contribution is -0.109. The molecule has 0 fully saturated rings. The van der Waals surface area contributed by atoms with E-state index in [-0.39, 0.29) is 5.12 Å². The number of carbonyl (C=O) groups is 1. The van der Waals surface area contributed by atoms with E-state index in [1.807, 2.05) is 18.2 Å². The molecule has 2 aromatic rings. The Labute approximate surface area is 119 Å². The fourth-order valence-corrected chi connectivity index (χ4v) is 2.95. The number of hydrogen-bond donors (Lipinski definition) is 0. The van der Waals surface area contributed by atoms with E-state index in [9.17, 15) is 4.79 Å². The number of thioether (sulfide) groups is 1. The van der Waals surface area contributed by atoms with Gasteiger partial charge in [-0.05, 0) is 18.2 Å². The smallest absolute Gasteiger partial charge is 0.185 e. The van der Waals surface area contributed by atoms with Crippen LogP contribution in [0.4, 0.5) is 0 Å². The van der Waals surface area contributed by atoms with Crippen molar-refractivity contribution in [3.05, 3.63) is 28.2 Å². The SMILES string of the molecule is CC(=O)SCCC#Cc1ccc2nc(Cl)sc2c1. The van der Waals surface area contributed by atoms with Crippen molar-refractivity contribution in [1.29, 1.82) is 0 Å². The van der Waals surface area contributed by atoms with Crippen LogP contribution in [-0.2, 0) is 4.79 Å². The van der Waals surface area contributed by atoms with Gasteiger partial charge in [0, 0.05) is 24.7 Å². The molecule has 0 radical (unpaired) electrons. The standard InChI is InChI=1S/C13H10ClNOS2/c1-9(16)17-7-3-2-4-10-5-6-11-12(8-10)18-13(14)15-11/h5-6,8H,3,7H2,1H3. The van der Waals surface area contributed by atoms with Gasteiger partial charge in [-0.2, -0.15) is 0 Å². The lowest BCUT2D eigenvalue weighted by atomic mass is 10.2. The highest BCUT2D eigenvalue weighted by molar-refractivity contribution is 8.13. The van der Waals surface area contributed by atoms with Gasteiger partial charge in [-0.15, -0.1) is 11.3 Å². The summed E-state index contributed by atoms with van der Waals surface area (Å²) in [6, 6.07) is 5.85. The Balaban J connectivity index is 2.03. The first-order valence-corrected chi connectivity index (χ1v) is 7.51. The molecule has 1 aromatic heterocycles. The third-order valence-electron chi connectivity index (χ3n) is 2.13. The maximum Gasteiger partial charge on any atom is 0.185 e. The van der Waals surface area contributed by atoms with E-state index in [2.05, 4.69) is 16.8 Å². The second-order valence-electron chi connectivity index (χ2n) is 3.54. The third-order valence-corrected chi connectivity index (χ3v) is 4.06. The summed E-state index contributed by atoms with van der Waals surface area (Å²) < 4.78 is 1.60. The molecule has 18 heavy (non-hydrogen) atoms. The largest absolute Gasteiger partial charge is 0.288 e. The van der Waals surface area contributed by atoms with Gasteiger partial charge in [-0.1, -0.05) is 35.2 Å². The van der Waals surface area contributed by atoms with Crippen LogP contribution in [0, 0.1) is 11.8 Å². The van der Waals surface area contributed by atoms with Gasteiger partial charge in [-0.25, -0.2) is 4.98 Å². The summed E-state index contributed by atoms with van der Waals surface area (Å²) in [4.78, 5) is 14.9. The maximum atomic E-state index is 10.7. The number of benzene rings is 1. The lowest BCUT2D eigenvalue weighted by Crippen LogP contribution is -1.84. The van der Waals surface area contributed by atoms with Crippen LogP contribution in [0.3, 0.4) is 0 Å². The van der Waals surface area contributed by atoms with E-state index in [4.69, 9.17) is 11.6 Å². The van der Waals surface area contributed by atoms with Crippen LogP contribution < -0.4 is 0 Å². The van der Waals surface area contributed by atoms with Crippen molar-refractivity contribution in [2.45, 2.75) is 13.3 Å². The van der Waals surface area contributed by atoms with Crippen LogP contribution in [0.15, 0.2) is 18.2 Å². The predicted molar refractivity (Wildman–Crippen MR) is 79.3 cm³/mol. The van der Waals surface area contributed by atoms with Crippen LogP contribution in [0.2, 0.25) is 4.47 Å². The van der Waals surface area contributed by atoms with Crippen LogP contribution in [-0.4, -0.2) is 15.9 Å². The minimum Gasteiger partial charge on any atom is -0.288 e. The van der Waals surface area contributed by atoms with Crippen molar-refractivity contribution >= 4 is 50.0 Å². The molecule has 0 N–H and O–H groups in total. The first-order valence-electron chi connectivity index (χ1n) is 5.33. The molecule has 0 unspecified atom stereocenters. The van der Waals surface area contributed by atoms with Gasteiger partial charge in [0.25, 0.3) is 0 Å². The van der Waals surface area contributed by atoms with Gasteiger partial charge in [0.15, 0.2) is 9.58 Å². The van der Waals surface area contributed by atoms with Gasteiger partial charge >= 0.3 is 0 Å². The van der Waals surface area contributed by atoms with Gasteiger partial charge in [0.05, 0.1) is 10.2 Å². The number of nitrogens with zero attached hydrogens (tertiary/aromatic N) is 1. The van der Waals surface area contributed by atoms with E-state index < -0.39 is 0 Å². The maximum absolute atomic E-state index is 10.7. The molecule has 2 rings (SSSR count). The molecule has 1 heterocycles. The summed E-state index contributed by atoms with van der Waals surface area (Å²) >= 11 is 8.60. The highest BCUT2D eigenvalue weighted by atomic mass is 35.5. The minimum absolute atomic E-state index is 0.137. The van der Waals surface area contributed by atoms with E-state index in [1.165, 1.54) is 23.1 Å². The Morgan fingerprint density at radius 2 is 2.39 bits per heavy atom. The molecule has 92 valence electrons. The van der Waals surface area contributed by atoms with Crippen molar-refractivity contribution < 1.29 is 4.79 Å². The molecule has 0 aliphatic rings. The molecule has 2 nitrogen and oxygen atoms in total. The Kier molecular flexibility index (Phi) is 4.65. The molecule has 0 aliphatic heterocycles. The summed E-state index contributed by atoms with van der Waals surface area (Å²) in [6.45, 7) is 1.57. The zero-order valence-corrected chi connectivity index (χ0v) is 12.1. The molecule has 1 aromatic carbocycles. The number of carbonyl (C=O) groups excluding carboxylic acids is 1. The monoisotopic (exact) mass is 295 g/mol. The summed E-state index contributed by atoms with van der Waals surface area (Å²) in [7, 11) is 0. The normalized spacial score (nSPS) is 10.1. The second-order valence-corrected chi connectivity index (χ2v) is 6.43. The van der Waals surface area contributed by atoms with Gasteiger partial charge < -0.3 is 0 Å². The third kappa shape index (κ3) is 3.74. The van der Waals surface area contributed by atoms with Crippen LogP contribution in [0.25, 0.3) is 10.2 Å². The Bertz CT molecular complexity index is 639. The van der Waals surface area contributed by atoms with Gasteiger partial charge in [-0.3, -0.25) is 4.79 Å². The molecular weight excluding hydrogens is 286 g/mol. The number of aromatic nitrogens is 1. The molecule has 0 amide bonds. The topological polar surface area (TPSA) is 30.0 Å². The first kappa shape index (κ1) is 13.4. The second kappa shape index (κ2) is 6.24. The van der Waals surface area contributed by atoms with Crippen LogP contribution >= 0.6 is 34.7 Å². The lowest BCUT2D eigenvalue weighted by Gasteiger charge is -1.91. The van der Waals surface area contributed by atoms with Crippen molar-refractivity contribution in [2.24, 2.45) is 0 Å². The zero-order chi connectivity index (χ0) is 13.0. The van der Waals surface area contributed by atoms with E-state index in [1.54, 1.807) is 6.92 Å². The highest BCUT2D eigenvalue weighted by Crippen LogP contribution is 2.26. The summed E-state index contributed by atoms with van der Waals surface area (Å²) in [5.41, 5.74) is 1.86. The highest BCUT2D eigenvalue weighted by Gasteiger charge is 2.01. The fraction of sp³-hybridized carbons (Fsp3) is 0.231. The van der Waals surface area contributed by atoms with E-state index >= 15 is 0 Å². The van der Waals surface area contributed by atoms with Crippen molar-refractivity contribution in [1.82, 2.24) is 4.98 Å². The summed E-state index contributed by atoms with van der Waals surface area (Å²) in [5, 5.41) is 0.137. The van der Waals surface area contributed by atoms with Crippen molar-refractivity contribution in [2.75, 3.05) is 5.75 Å². The van der Waals surface area contributed by atoms with Gasteiger partial charge in [0.2, 0.25) is 0 Å². The molecule has 5 heteroatoms. The van der Waals surface area contributed by atoms with Crippen LogP contribution in [0.1, 0.15) is 18.9 Å². The average Bonchev–Trinajstić information content (AvgIpc) is 2.67. The summed E-state index contributed by atoms with van der Waals surface area (Å²) in [5.74, 6) is 6.88. The molecule has 0 bridgehead atoms. The molecular formula is C13H10ClNOS2. The van der Waals surface area contributed by atoms with Crippen LogP contribution in [0.5, 0.6) is 0 Å². The Hall–Kier alpha value is -1.02. The van der Waals surface area contributed by atoms with Crippen molar-refractivity contribution in [3.8, 4) is 11.8 Å². The Morgan fingerprint density at radius 3 is 3.17 bits per heavy atom. The molecule has 0 saturated heterocycles. The number of thiazole rings is 1.